The number of likely N-dealkylation sites (N-methyl/N-ethyl adjacent to an activating group) is 1. The number of fused-ring (bicyclic) bond motifs is 2. The van der Waals surface area contributed by atoms with Crippen LogP contribution in [0.2, 0.25) is 0 Å². The van der Waals surface area contributed by atoms with Gasteiger partial charge in [-0.25, -0.2) is 9.37 Å². The van der Waals surface area contributed by atoms with Gasteiger partial charge < -0.3 is 15.0 Å². The molecule has 162 valence electrons. The second-order valence-corrected chi connectivity index (χ2v) is 8.18. The summed E-state index contributed by atoms with van der Waals surface area (Å²) in [5.41, 5.74) is 3.14. The molecule has 1 saturated heterocycles. The summed E-state index contributed by atoms with van der Waals surface area (Å²) < 4.78 is 21.3. The first-order valence-electron chi connectivity index (χ1n) is 10.6. The average Bonchev–Trinajstić information content (AvgIpc) is 3.14. The van der Waals surface area contributed by atoms with Crippen LogP contribution < -0.4 is 20.5 Å². The van der Waals surface area contributed by atoms with E-state index in [1.54, 1.807) is 17.7 Å². The molecule has 7 nitrogen and oxygen atoms in total. The van der Waals surface area contributed by atoms with Gasteiger partial charge in [0, 0.05) is 45.5 Å². The minimum atomic E-state index is -0.451. The second kappa shape index (κ2) is 7.94. The highest BCUT2D eigenvalue weighted by atomic mass is 19.1. The molecule has 2 aromatic carbocycles. The van der Waals surface area contributed by atoms with Crippen LogP contribution in [0, 0.1) is 5.82 Å². The van der Waals surface area contributed by atoms with E-state index in [-0.39, 0.29) is 10.9 Å². The van der Waals surface area contributed by atoms with Crippen LogP contribution >= 0.6 is 0 Å². The topological polar surface area (TPSA) is 62.6 Å². The molecule has 2 aliphatic rings. The number of piperazine rings is 1. The lowest BCUT2D eigenvalue weighted by atomic mass is 10.1. The summed E-state index contributed by atoms with van der Waals surface area (Å²) in [5, 5.41) is 3.61. The van der Waals surface area contributed by atoms with Gasteiger partial charge in [0.15, 0.2) is 0 Å². The molecule has 1 fully saturated rings. The first kappa shape index (κ1) is 20.0. The maximum absolute atomic E-state index is 14.0. The Bertz CT molecular complexity index is 1200. The number of nitrogens with one attached hydrogen (secondary N) is 1. The molecule has 3 aromatic rings. The van der Waals surface area contributed by atoms with Gasteiger partial charge in [-0.3, -0.25) is 14.3 Å². The molecule has 0 spiro atoms. The van der Waals surface area contributed by atoms with Gasteiger partial charge in [-0.1, -0.05) is 0 Å². The highest BCUT2D eigenvalue weighted by Crippen LogP contribution is 2.35. The van der Waals surface area contributed by atoms with Crippen molar-refractivity contribution in [1.82, 2.24) is 19.8 Å². The second-order valence-electron chi connectivity index (χ2n) is 8.18. The number of nitrogens with zero attached hydrogens (tertiary/aromatic N) is 4. The van der Waals surface area contributed by atoms with Gasteiger partial charge in [0.2, 0.25) is 0 Å². The normalized spacial score (nSPS) is 16.7. The molecule has 0 amide bonds. The van der Waals surface area contributed by atoms with Crippen LogP contribution in [-0.2, 0) is 13.0 Å². The van der Waals surface area contributed by atoms with Gasteiger partial charge in [0.25, 0.3) is 5.56 Å². The molecule has 2 aliphatic heterocycles. The van der Waals surface area contributed by atoms with Crippen molar-refractivity contribution in [2.24, 2.45) is 0 Å². The average molecular weight is 423 g/mol. The molecule has 8 heteroatoms. The molecule has 3 heterocycles. The van der Waals surface area contributed by atoms with E-state index in [2.05, 4.69) is 15.1 Å². The van der Waals surface area contributed by atoms with Gasteiger partial charge in [-0.15, -0.1) is 0 Å². The Morgan fingerprint density at radius 2 is 1.94 bits per heavy atom. The van der Waals surface area contributed by atoms with Crippen LogP contribution in [0.3, 0.4) is 0 Å². The van der Waals surface area contributed by atoms with E-state index in [4.69, 9.17) is 9.72 Å². The van der Waals surface area contributed by atoms with Gasteiger partial charge in [-0.2, -0.15) is 0 Å². The fourth-order valence-electron chi connectivity index (χ4n) is 4.53. The Morgan fingerprint density at radius 1 is 1.13 bits per heavy atom. The van der Waals surface area contributed by atoms with Crippen LogP contribution in [-0.4, -0.2) is 61.3 Å². The third-order valence-corrected chi connectivity index (χ3v) is 6.22. The molecule has 0 aliphatic carbocycles. The van der Waals surface area contributed by atoms with Crippen molar-refractivity contribution in [1.29, 1.82) is 0 Å². The molecule has 0 saturated carbocycles. The highest BCUT2D eigenvalue weighted by molar-refractivity contribution is 5.78. The van der Waals surface area contributed by atoms with Crippen molar-refractivity contribution in [3.05, 3.63) is 57.9 Å². The molecule has 31 heavy (non-hydrogen) atoms. The molecule has 0 atom stereocenters. The van der Waals surface area contributed by atoms with Gasteiger partial charge in [0.1, 0.15) is 17.4 Å². The van der Waals surface area contributed by atoms with Crippen molar-refractivity contribution >= 4 is 16.6 Å². The quantitative estimate of drug-likeness (QED) is 0.692. The lowest BCUT2D eigenvalue weighted by Crippen LogP contribution is -2.44. The Morgan fingerprint density at radius 3 is 2.71 bits per heavy atom. The van der Waals surface area contributed by atoms with E-state index < -0.39 is 5.82 Å². The van der Waals surface area contributed by atoms with Crippen LogP contribution in [0.5, 0.6) is 5.75 Å². The summed E-state index contributed by atoms with van der Waals surface area (Å²) >= 11 is 0. The molecule has 0 bridgehead atoms. The number of hydrogen-bond acceptors (Lipinski definition) is 6. The number of aromatic nitrogens is 2. The number of hydrogen-bond donors (Lipinski definition) is 1. The van der Waals surface area contributed by atoms with Crippen molar-refractivity contribution in [3.63, 3.8) is 0 Å². The van der Waals surface area contributed by atoms with Crippen LogP contribution in [0.25, 0.3) is 16.6 Å². The van der Waals surface area contributed by atoms with Crippen molar-refractivity contribution in [3.8, 4) is 11.4 Å². The summed E-state index contributed by atoms with van der Waals surface area (Å²) in [6.45, 7) is 5.00. The lowest BCUT2D eigenvalue weighted by molar-refractivity contribution is 0.226. The third-order valence-electron chi connectivity index (χ3n) is 6.22. The SMILES string of the molecule is COc1cc2c(cc1-n1c(CN3CCNCC3)nc3ccc(F)cc3c1=O)N(C)CC2. The molecular weight excluding hydrogens is 397 g/mol. The van der Waals surface area contributed by atoms with Crippen molar-refractivity contribution in [2.75, 3.05) is 51.8 Å². The Labute approximate surface area is 180 Å². The largest absolute Gasteiger partial charge is 0.495 e. The number of rotatable bonds is 4. The lowest BCUT2D eigenvalue weighted by Gasteiger charge is -2.28. The summed E-state index contributed by atoms with van der Waals surface area (Å²) in [4.78, 5) is 22.9. The van der Waals surface area contributed by atoms with Crippen molar-refractivity contribution in [2.45, 2.75) is 13.0 Å². The highest BCUT2D eigenvalue weighted by Gasteiger charge is 2.24. The van der Waals surface area contributed by atoms with Crippen LogP contribution in [0.1, 0.15) is 11.4 Å². The van der Waals surface area contributed by atoms with Gasteiger partial charge in [-0.05, 0) is 42.3 Å². The molecule has 0 radical (unpaired) electrons. The number of anilines is 1. The van der Waals surface area contributed by atoms with Crippen LogP contribution in [0.4, 0.5) is 10.1 Å². The Balaban J connectivity index is 1.75. The van der Waals surface area contributed by atoms with E-state index in [1.807, 2.05) is 19.2 Å². The minimum Gasteiger partial charge on any atom is -0.495 e. The zero-order chi connectivity index (χ0) is 21.5. The monoisotopic (exact) mass is 423 g/mol. The Hall–Kier alpha value is -2.97. The third kappa shape index (κ3) is 3.55. The number of methoxy groups -OCH3 is 1. The smallest absolute Gasteiger partial charge is 0.266 e. The maximum Gasteiger partial charge on any atom is 0.266 e. The number of benzene rings is 2. The summed E-state index contributed by atoms with van der Waals surface area (Å²) in [6, 6.07) is 8.19. The van der Waals surface area contributed by atoms with Crippen LogP contribution in [0.15, 0.2) is 35.1 Å². The van der Waals surface area contributed by atoms with E-state index >= 15 is 0 Å². The fraction of sp³-hybridized carbons (Fsp3) is 0.391. The summed E-state index contributed by atoms with van der Waals surface area (Å²) in [6.07, 6.45) is 0.937. The number of halogens is 1. The standard InChI is InChI=1S/C23H26FN5O2/c1-27-8-5-15-11-21(31-2)20(13-19(15)27)29-22(14-28-9-6-25-7-10-28)26-18-4-3-16(24)12-17(18)23(29)30/h3-4,11-13,25H,5-10,14H2,1-2H3. The maximum atomic E-state index is 14.0. The predicted octanol–water partition coefficient (Wildman–Crippen LogP) is 1.93. The molecule has 0 unspecified atom stereocenters. The van der Waals surface area contributed by atoms with Crippen molar-refractivity contribution < 1.29 is 9.13 Å². The first-order valence-corrected chi connectivity index (χ1v) is 10.6. The fourth-order valence-corrected chi connectivity index (χ4v) is 4.53. The van der Waals surface area contributed by atoms with Gasteiger partial charge >= 0.3 is 0 Å². The molecular formula is C23H26FN5O2. The zero-order valence-corrected chi connectivity index (χ0v) is 17.8. The molecule has 1 N–H and O–H groups in total. The molecule has 5 rings (SSSR count). The predicted molar refractivity (Wildman–Crippen MR) is 119 cm³/mol. The van der Waals surface area contributed by atoms with E-state index in [0.29, 0.717) is 29.3 Å². The molecule has 1 aromatic heterocycles. The van der Waals surface area contributed by atoms with E-state index in [1.165, 1.54) is 17.7 Å². The first-order chi connectivity index (χ1) is 15.0. The Kier molecular flexibility index (Phi) is 5.11. The summed E-state index contributed by atoms with van der Waals surface area (Å²) in [7, 11) is 3.65. The van der Waals surface area contributed by atoms with E-state index in [9.17, 15) is 9.18 Å². The van der Waals surface area contributed by atoms with E-state index in [0.717, 1.165) is 44.8 Å². The van der Waals surface area contributed by atoms with Gasteiger partial charge in [0.05, 0.1) is 30.2 Å². The zero-order valence-electron chi connectivity index (χ0n) is 17.8. The number of ether oxygens (including phenoxy) is 1. The minimum absolute atomic E-state index is 0.264. The summed E-state index contributed by atoms with van der Waals surface area (Å²) in [5.74, 6) is 0.800.